The van der Waals surface area contributed by atoms with Gasteiger partial charge in [0.2, 0.25) is 0 Å². The van der Waals surface area contributed by atoms with Gasteiger partial charge in [0.1, 0.15) is 11.9 Å². The summed E-state index contributed by atoms with van der Waals surface area (Å²) >= 11 is 0. The molecule has 1 saturated heterocycles. The van der Waals surface area contributed by atoms with Gasteiger partial charge in [0.05, 0.1) is 24.1 Å². The minimum atomic E-state index is -0.479. The van der Waals surface area contributed by atoms with Gasteiger partial charge in [-0.3, -0.25) is 4.79 Å². The highest BCUT2D eigenvalue weighted by atomic mass is 16.5. The van der Waals surface area contributed by atoms with E-state index >= 15 is 0 Å². The first-order chi connectivity index (χ1) is 14.9. The Hall–Kier alpha value is -2.07. The summed E-state index contributed by atoms with van der Waals surface area (Å²) in [6.45, 7) is 5.76. The Bertz CT molecular complexity index is 760. The van der Waals surface area contributed by atoms with E-state index in [0.717, 1.165) is 37.1 Å². The lowest BCUT2D eigenvalue weighted by atomic mass is 10.0. The van der Waals surface area contributed by atoms with Crippen LogP contribution in [0.25, 0.3) is 0 Å². The largest absolute Gasteiger partial charge is 0.369 e. The Kier molecular flexibility index (Phi) is 8.36. The minimum Gasteiger partial charge on any atom is -0.369 e. The molecule has 2 heterocycles. The van der Waals surface area contributed by atoms with Crippen molar-refractivity contribution < 1.29 is 9.53 Å². The zero-order chi connectivity index (χ0) is 22.4. The fraction of sp³-hybridized carbons (Fsp3) is 0.682. The third-order valence-electron chi connectivity index (χ3n) is 5.63. The smallest absolute Gasteiger partial charge is 0.253 e. The van der Waals surface area contributed by atoms with Gasteiger partial charge in [-0.15, -0.1) is 0 Å². The monoisotopic (exact) mass is 431 g/mol. The van der Waals surface area contributed by atoms with Crippen LogP contribution < -0.4 is 16.4 Å². The number of hydrogen-bond acceptors (Lipinski definition) is 8. The standard InChI is InChI=1S/C22H37N7O2/c1-15(29(17-6-7-17)22(30)19-13-25-11-12-31-19)20(24)18-8-5-16(14-28(2)3)27-21(18)26-10-4-9-23/h5,8,15,17,19,24-25H,4,6-7,9-14,23H2,1-3H3,(H,26,27)/t15-,19-/m1/s1. The summed E-state index contributed by atoms with van der Waals surface area (Å²) in [6, 6.07) is 3.73. The van der Waals surface area contributed by atoms with Crippen LogP contribution in [0.15, 0.2) is 12.1 Å². The number of nitrogens with zero attached hydrogens (tertiary/aromatic N) is 3. The van der Waals surface area contributed by atoms with Crippen LogP contribution in [0.5, 0.6) is 0 Å². The van der Waals surface area contributed by atoms with Gasteiger partial charge >= 0.3 is 0 Å². The summed E-state index contributed by atoms with van der Waals surface area (Å²) in [7, 11) is 4.01. The quantitative estimate of drug-likeness (QED) is 0.300. The second-order valence-corrected chi connectivity index (χ2v) is 8.64. The summed E-state index contributed by atoms with van der Waals surface area (Å²) in [6.07, 6.45) is 2.30. The van der Waals surface area contributed by atoms with Crippen molar-refractivity contribution in [3.63, 3.8) is 0 Å². The van der Waals surface area contributed by atoms with E-state index < -0.39 is 6.10 Å². The summed E-state index contributed by atoms with van der Waals surface area (Å²) in [5.41, 5.74) is 7.70. The third kappa shape index (κ3) is 6.22. The van der Waals surface area contributed by atoms with E-state index in [1.54, 1.807) is 0 Å². The Balaban J connectivity index is 1.81. The van der Waals surface area contributed by atoms with Crippen molar-refractivity contribution in [3.05, 3.63) is 23.4 Å². The molecular formula is C22H37N7O2. The fourth-order valence-corrected chi connectivity index (χ4v) is 3.87. The zero-order valence-corrected chi connectivity index (χ0v) is 19.0. The van der Waals surface area contributed by atoms with E-state index in [1.165, 1.54) is 0 Å². The van der Waals surface area contributed by atoms with Crippen molar-refractivity contribution in [2.75, 3.05) is 52.2 Å². The van der Waals surface area contributed by atoms with E-state index in [9.17, 15) is 4.79 Å². The van der Waals surface area contributed by atoms with Crippen molar-refractivity contribution >= 4 is 17.4 Å². The lowest BCUT2D eigenvalue weighted by molar-refractivity contribution is -0.146. The second-order valence-electron chi connectivity index (χ2n) is 8.64. The SMILES string of the molecule is C[C@H](C(=N)c1ccc(CN(C)C)nc1NCCCN)N(C(=O)[C@H]1CNCCO1)C1CC1. The molecule has 3 rings (SSSR count). The van der Waals surface area contributed by atoms with E-state index in [2.05, 4.69) is 15.5 Å². The van der Waals surface area contributed by atoms with Crippen LogP contribution in [0.4, 0.5) is 5.82 Å². The Morgan fingerprint density at radius 2 is 2.19 bits per heavy atom. The first-order valence-corrected chi connectivity index (χ1v) is 11.2. The van der Waals surface area contributed by atoms with Crippen molar-refractivity contribution in [1.82, 2.24) is 20.1 Å². The van der Waals surface area contributed by atoms with Crippen LogP contribution in [0, 0.1) is 5.41 Å². The molecule has 5 N–H and O–H groups in total. The molecule has 1 aliphatic carbocycles. The molecular weight excluding hydrogens is 394 g/mol. The van der Waals surface area contributed by atoms with Crippen LogP contribution in [-0.2, 0) is 16.1 Å². The van der Waals surface area contributed by atoms with Gasteiger partial charge in [-0.2, -0.15) is 0 Å². The van der Waals surface area contributed by atoms with E-state index in [4.69, 9.17) is 20.9 Å². The van der Waals surface area contributed by atoms with E-state index in [1.807, 2.05) is 38.1 Å². The third-order valence-corrected chi connectivity index (χ3v) is 5.63. The first-order valence-electron chi connectivity index (χ1n) is 11.2. The molecule has 1 aromatic rings. The minimum absolute atomic E-state index is 0.0261. The molecule has 2 aliphatic rings. The number of morpholine rings is 1. The Labute approximate surface area is 185 Å². The Morgan fingerprint density at radius 1 is 1.42 bits per heavy atom. The van der Waals surface area contributed by atoms with Gasteiger partial charge < -0.3 is 36.3 Å². The zero-order valence-electron chi connectivity index (χ0n) is 19.0. The number of rotatable bonds is 11. The van der Waals surface area contributed by atoms with Crippen LogP contribution in [0.3, 0.4) is 0 Å². The average molecular weight is 432 g/mol. The van der Waals surface area contributed by atoms with Crippen molar-refractivity contribution in [2.45, 2.75) is 50.9 Å². The molecule has 2 atom stereocenters. The van der Waals surface area contributed by atoms with Gasteiger partial charge in [0.15, 0.2) is 0 Å². The van der Waals surface area contributed by atoms with Gasteiger partial charge in [0.25, 0.3) is 5.91 Å². The van der Waals surface area contributed by atoms with Crippen molar-refractivity contribution in [1.29, 1.82) is 5.41 Å². The van der Waals surface area contributed by atoms with Crippen molar-refractivity contribution in [3.8, 4) is 0 Å². The summed E-state index contributed by atoms with van der Waals surface area (Å²) in [5.74, 6) is 0.658. The molecule has 1 aromatic heterocycles. The molecule has 9 nitrogen and oxygen atoms in total. The number of anilines is 1. The van der Waals surface area contributed by atoms with Crippen LogP contribution >= 0.6 is 0 Å². The summed E-state index contributed by atoms with van der Waals surface area (Å²) < 4.78 is 5.71. The van der Waals surface area contributed by atoms with Crippen molar-refractivity contribution in [2.24, 2.45) is 5.73 Å². The van der Waals surface area contributed by atoms with Gasteiger partial charge in [-0.05, 0) is 59.0 Å². The molecule has 1 saturated carbocycles. The molecule has 172 valence electrons. The number of pyridine rings is 1. The highest BCUT2D eigenvalue weighted by Gasteiger charge is 2.41. The lowest BCUT2D eigenvalue weighted by Crippen LogP contribution is -2.54. The van der Waals surface area contributed by atoms with Crippen LogP contribution in [0.2, 0.25) is 0 Å². The number of carbonyl (C=O) groups is 1. The number of carbonyl (C=O) groups excluding carboxylic acids is 1. The van der Waals surface area contributed by atoms with E-state index in [-0.39, 0.29) is 18.0 Å². The molecule has 1 amide bonds. The molecule has 31 heavy (non-hydrogen) atoms. The molecule has 0 unspecified atom stereocenters. The molecule has 2 fully saturated rings. The normalized spacial score (nSPS) is 19.8. The maximum absolute atomic E-state index is 13.2. The molecule has 0 spiro atoms. The topological polar surface area (TPSA) is 120 Å². The Morgan fingerprint density at radius 3 is 2.81 bits per heavy atom. The molecule has 9 heteroatoms. The fourth-order valence-electron chi connectivity index (χ4n) is 3.87. The summed E-state index contributed by atoms with van der Waals surface area (Å²) in [5, 5.41) is 15.5. The van der Waals surface area contributed by atoms with Crippen LogP contribution in [-0.4, -0.2) is 91.5 Å². The molecule has 1 aliphatic heterocycles. The van der Waals surface area contributed by atoms with Crippen LogP contribution in [0.1, 0.15) is 37.4 Å². The molecule has 0 aromatic carbocycles. The van der Waals surface area contributed by atoms with Gasteiger partial charge in [-0.25, -0.2) is 4.98 Å². The second kappa shape index (κ2) is 11.0. The van der Waals surface area contributed by atoms with E-state index in [0.29, 0.717) is 44.3 Å². The number of nitrogens with one attached hydrogen (secondary N) is 3. The maximum Gasteiger partial charge on any atom is 0.253 e. The lowest BCUT2D eigenvalue weighted by Gasteiger charge is -2.34. The first kappa shape index (κ1) is 23.6. The van der Waals surface area contributed by atoms with Gasteiger partial charge in [-0.1, -0.05) is 0 Å². The molecule has 0 bridgehead atoms. The highest BCUT2D eigenvalue weighted by molar-refractivity contribution is 6.07. The average Bonchev–Trinajstić information content (AvgIpc) is 3.59. The number of ether oxygens (including phenoxy) is 1. The predicted octanol–water partition coefficient (Wildman–Crippen LogP) is 0.640. The highest BCUT2D eigenvalue weighted by Crippen LogP contribution is 2.31. The number of hydrogen-bond donors (Lipinski definition) is 4. The number of aromatic nitrogens is 1. The maximum atomic E-state index is 13.2. The molecule has 0 radical (unpaired) electrons. The predicted molar refractivity (Wildman–Crippen MR) is 123 cm³/mol. The van der Waals surface area contributed by atoms with Gasteiger partial charge in [0, 0.05) is 37.8 Å². The number of nitrogens with two attached hydrogens (primary N) is 1. The summed E-state index contributed by atoms with van der Waals surface area (Å²) in [4.78, 5) is 21.9. The number of amides is 1.